The molecular weight excluding hydrogens is 176 g/mol. The fourth-order valence-corrected chi connectivity index (χ4v) is 1.08. The Morgan fingerprint density at radius 3 is 2.57 bits per heavy atom. The van der Waals surface area contributed by atoms with Gasteiger partial charge in [0.25, 0.3) is 0 Å². The van der Waals surface area contributed by atoms with Crippen LogP contribution >= 0.6 is 0 Å². The van der Waals surface area contributed by atoms with Crippen LogP contribution in [-0.2, 0) is 6.42 Å². The number of carbonyl (C=O) groups excluding carboxylic acids is 1. The van der Waals surface area contributed by atoms with Gasteiger partial charge in [0.1, 0.15) is 0 Å². The van der Waals surface area contributed by atoms with Gasteiger partial charge in [0.2, 0.25) is 0 Å². The fourth-order valence-electron chi connectivity index (χ4n) is 1.08. The summed E-state index contributed by atoms with van der Waals surface area (Å²) in [5, 5.41) is 5.11. The van der Waals surface area contributed by atoms with Gasteiger partial charge in [-0.05, 0) is 30.3 Å². The molecule has 1 aromatic carbocycles. The van der Waals surface area contributed by atoms with Crippen molar-refractivity contribution in [1.29, 1.82) is 0 Å². The van der Waals surface area contributed by atoms with Crippen LogP contribution in [0.4, 0.5) is 10.5 Å². The van der Waals surface area contributed by atoms with Gasteiger partial charge in [-0.2, -0.15) is 0 Å². The topological polar surface area (TPSA) is 41.1 Å². The molecule has 0 spiro atoms. The third kappa shape index (κ3) is 2.94. The third-order valence-electron chi connectivity index (χ3n) is 1.85. The second-order valence-electron chi connectivity index (χ2n) is 2.85. The number of hydrogen-bond acceptors (Lipinski definition) is 1. The van der Waals surface area contributed by atoms with E-state index >= 15 is 0 Å². The number of urea groups is 1. The van der Waals surface area contributed by atoms with Gasteiger partial charge in [0, 0.05) is 5.69 Å². The third-order valence-corrected chi connectivity index (χ3v) is 1.85. The lowest BCUT2D eigenvalue weighted by Gasteiger charge is -2.04. The average Bonchev–Trinajstić information content (AvgIpc) is 2.19. The van der Waals surface area contributed by atoms with Gasteiger partial charge in [-0.3, -0.25) is 0 Å². The van der Waals surface area contributed by atoms with E-state index in [2.05, 4.69) is 24.1 Å². The molecule has 0 saturated carbocycles. The van der Waals surface area contributed by atoms with Gasteiger partial charge in [-0.1, -0.05) is 25.6 Å². The molecule has 2 N–H and O–H groups in total. The average molecular weight is 190 g/mol. The zero-order valence-electron chi connectivity index (χ0n) is 8.21. The van der Waals surface area contributed by atoms with Crippen LogP contribution in [0.1, 0.15) is 12.5 Å². The summed E-state index contributed by atoms with van der Waals surface area (Å²) in [6.45, 7) is 5.49. The summed E-state index contributed by atoms with van der Waals surface area (Å²) in [7, 11) is 0. The van der Waals surface area contributed by atoms with E-state index in [4.69, 9.17) is 0 Å². The minimum Gasteiger partial charge on any atom is -0.315 e. The molecule has 1 aromatic rings. The molecule has 0 aliphatic rings. The lowest BCUT2D eigenvalue weighted by molar-refractivity contribution is 0.255. The highest BCUT2D eigenvalue weighted by Crippen LogP contribution is 2.09. The maximum atomic E-state index is 11.1. The van der Waals surface area contributed by atoms with E-state index < -0.39 is 0 Å². The summed E-state index contributed by atoms with van der Waals surface area (Å²) >= 11 is 0. The molecule has 0 bridgehead atoms. The first-order valence-corrected chi connectivity index (χ1v) is 4.53. The Kier molecular flexibility index (Phi) is 3.73. The number of anilines is 1. The maximum absolute atomic E-state index is 11.1. The Morgan fingerprint density at radius 1 is 1.43 bits per heavy atom. The van der Waals surface area contributed by atoms with Crippen molar-refractivity contribution in [3.05, 3.63) is 42.6 Å². The van der Waals surface area contributed by atoms with Gasteiger partial charge < -0.3 is 10.6 Å². The van der Waals surface area contributed by atoms with Crippen molar-refractivity contribution in [2.24, 2.45) is 0 Å². The summed E-state index contributed by atoms with van der Waals surface area (Å²) in [5.74, 6) is 0. The number of hydrogen-bond donors (Lipinski definition) is 2. The molecule has 3 heteroatoms. The Morgan fingerprint density at radius 2 is 2.07 bits per heavy atom. The van der Waals surface area contributed by atoms with Crippen LogP contribution in [0.15, 0.2) is 37.0 Å². The van der Waals surface area contributed by atoms with Gasteiger partial charge in [-0.25, -0.2) is 4.79 Å². The van der Waals surface area contributed by atoms with E-state index in [0.29, 0.717) is 0 Å². The van der Waals surface area contributed by atoms with Crippen molar-refractivity contribution in [1.82, 2.24) is 5.32 Å². The van der Waals surface area contributed by atoms with Crippen LogP contribution in [0.5, 0.6) is 0 Å². The molecule has 0 fully saturated rings. The van der Waals surface area contributed by atoms with Gasteiger partial charge >= 0.3 is 6.03 Å². The van der Waals surface area contributed by atoms with Crippen molar-refractivity contribution < 1.29 is 4.79 Å². The molecule has 0 aliphatic carbocycles. The molecule has 2 amide bonds. The predicted molar refractivity (Wildman–Crippen MR) is 58.2 cm³/mol. The zero-order chi connectivity index (χ0) is 10.4. The molecule has 14 heavy (non-hydrogen) atoms. The first kappa shape index (κ1) is 10.3. The maximum Gasteiger partial charge on any atom is 0.323 e. The van der Waals surface area contributed by atoms with Crippen LogP contribution in [0.25, 0.3) is 0 Å². The van der Waals surface area contributed by atoms with E-state index in [1.54, 1.807) is 0 Å². The van der Waals surface area contributed by atoms with E-state index in [0.717, 1.165) is 12.1 Å². The number of nitrogens with one attached hydrogen (secondary N) is 2. The Labute approximate surface area is 83.8 Å². The minimum absolute atomic E-state index is 0.274. The molecular formula is C11H14N2O. The van der Waals surface area contributed by atoms with E-state index in [1.165, 1.54) is 11.8 Å². The Hall–Kier alpha value is -1.77. The molecule has 0 radical (unpaired) electrons. The molecule has 0 aromatic heterocycles. The van der Waals surface area contributed by atoms with Crippen LogP contribution < -0.4 is 10.6 Å². The second-order valence-corrected chi connectivity index (χ2v) is 2.85. The van der Waals surface area contributed by atoms with Crippen LogP contribution in [0.3, 0.4) is 0 Å². The van der Waals surface area contributed by atoms with E-state index in [1.807, 2.05) is 24.3 Å². The predicted octanol–water partition coefficient (Wildman–Crippen LogP) is 2.51. The molecule has 0 atom stereocenters. The van der Waals surface area contributed by atoms with Crippen molar-refractivity contribution in [2.75, 3.05) is 5.32 Å². The van der Waals surface area contributed by atoms with Crippen molar-refractivity contribution >= 4 is 11.7 Å². The number of rotatable bonds is 3. The number of amides is 2. The molecule has 1 rings (SSSR count). The zero-order valence-corrected chi connectivity index (χ0v) is 8.21. The van der Waals surface area contributed by atoms with Gasteiger partial charge in [0.05, 0.1) is 0 Å². The van der Waals surface area contributed by atoms with Gasteiger partial charge in [-0.15, -0.1) is 0 Å². The number of carbonyl (C=O) groups is 1. The highest BCUT2D eigenvalue weighted by molar-refractivity contribution is 5.89. The van der Waals surface area contributed by atoms with E-state index in [-0.39, 0.29) is 6.03 Å². The second kappa shape index (κ2) is 5.07. The molecule has 0 saturated heterocycles. The van der Waals surface area contributed by atoms with Crippen LogP contribution in [-0.4, -0.2) is 6.03 Å². The summed E-state index contributed by atoms with van der Waals surface area (Å²) in [6.07, 6.45) is 2.34. The molecule has 0 heterocycles. The summed E-state index contributed by atoms with van der Waals surface area (Å²) < 4.78 is 0. The van der Waals surface area contributed by atoms with Crippen LogP contribution in [0.2, 0.25) is 0 Å². The highest BCUT2D eigenvalue weighted by Gasteiger charge is 1.97. The smallest absolute Gasteiger partial charge is 0.315 e. The van der Waals surface area contributed by atoms with Crippen LogP contribution in [0, 0.1) is 0 Å². The van der Waals surface area contributed by atoms with Gasteiger partial charge in [0.15, 0.2) is 0 Å². The quantitative estimate of drug-likeness (QED) is 0.755. The molecule has 0 aliphatic heterocycles. The van der Waals surface area contributed by atoms with Crippen molar-refractivity contribution in [2.45, 2.75) is 13.3 Å². The standard InChI is InChI=1S/C11H14N2O/c1-3-9-5-7-10(8-6-9)13-11(14)12-4-2/h4-8H,2-3H2,1H3,(H2,12,13,14). The molecule has 0 unspecified atom stereocenters. The lowest BCUT2D eigenvalue weighted by atomic mass is 10.1. The first-order valence-electron chi connectivity index (χ1n) is 4.53. The van der Waals surface area contributed by atoms with Crippen molar-refractivity contribution in [3.63, 3.8) is 0 Å². The molecule has 3 nitrogen and oxygen atoms in total. The highest BCUT2D eigenvalue weighted by atomic mass is 16.2. The summed E-state index contributed by atoms with van der Waals surface area (Å²) in [5.41, 5.74) is 2.03. The fraction of sp³-hybridized carbons (Fsp3) is 0.182. The Bertz CT molecular complexity index is 317. The monoisotopic (exact) mass is 190 g/mol. The summed E-state index contributed by atoms with van der Waals surface area (Å²) in [4.78, 5) is 11.1. The number of aryl methyl sites for hydroxylation is 1. The van der Waals surface area contributed by atoms with Crippen molar-refractivity contribution in [3.8, 4) is 0 Å². The SMILES string of the molecule is C=CNC(=O)Nc1ccc(CC)cc1. The Balaban J connectivity index is 2.59. The number of benzene rings is 1. The summed E-state index contributed by atoms with van der Waals surface area (Å²) in [6, 6.07) is 7.46. The largest absolute Gasteiger partial charge is 0.323 e. The van der Waals surface area contributed by atoms with E-state index in [9.17, 15) is 4.79 Å². The normalized spacial score (nSPS) is 9.21. The molecule has 74 valence electrons. The first-order chi connectivity index (χ1) is 6.76. The lowest BCUT2D eigenvalue weighted by Crippen LogP contribution is -2.23. The minimum atomic E-state index is -0.274.